The van der Waals surface area contributed by atoms with E-state index in [1.807, 2.05) is 60.7 Å². The number of hydrogen-bond donors (Lipinski definition) is 1. The first-order chi connectivity index (χ1) is 12.6. The fraction of sp³-hybridized carbons (Fsp3) is 0.167. The van der Waals surface area contributed by atoms with E-state index in [-0.39, 0.29) is 0 Å². The number of aliphatic hydroxyl groups excluding tert-OH is 1. The van der Waals surface area contributed by atoms with Crippen LogP contribution in [0.15, 0.2) is 78.9 Å². The first-order valence-corrected chi connectivity index (χ1v) is 8.86. The number of allylic oxidation sites excluding steroid dienone is 1. The van der Waals surface area contributed by atoms with Gasteiger partial charge < -0.3 is 9.84 Å². The van der Waals surface area contributed by atoms with E-state index in [0.717, 1.165) is 33.6 Å². The lowest BCUT2D eigenvalue weighted by Crippen LogP contribution is -1.98. The molecule has 132 valence electrons. The predicted octanol–water partition coefficient (Wildman–Crippen LogP) is 5.88. The maximum absolute atomic E-state index is 10.00. The normalized spacial score (nSPS) is 12.7. The number of para-hydroxylation sites is 1. The molecule has 0 fully saturated rings. The van der Waals surface area contributed by atoms with Gasteiger partial charge in [0.2, 0.25) is 0 Å². The van der Waals surface area contributed by atoms with Crippen molar-refractivity contribution in [2.75, 3.05) is 0 Å². The smallest absolute Gasteiger partial charge is 0.127 e. The van der Waals surface area contributed by atoms with E-state index in [1.54, 1.807) is 6.92 Å². The number of benzene rings is 3. The molecule has 1 N–H and O–H groups in total. The third kappa shape index (κ3) is 4.41. The van der Waals surface area contributed by atoms with E-state index in [4.69, 9.17) is 4.74 Å². The summed E-state index contributed by atoms with van der Waals surface area (Å²) in [5.74, 6) is 0.861. The molecule has 0 saturated heterocycles. The molecule has 0 aliphatic carbocycles. The van der Waals surface area contributed by atoms with Gasteiger partial charge in [0, 0.05) is 5.56 Å². The molecule has 0 aromatic heterocycles. The highest BCUT2D eigenvalue weighted by Crippen LogP contribution is 2.29. The summed E-state index contributed by atoms with van der Waals surface area (Å²) >= 11 is 0. The van der Waals surface area contributed by atoms with Crippen LogP contribution in [0.5, 0.6) is 5.75 Å². The largest absolute Gasteiger partial charge is 0.488 e. The molecular weight excluding hydrogens is 320 g/mol. The van der Waals surface area contributed by atoms with Crippen LogP contribution < -0.4 is 4.74 Å². The Kier molecular flexibility index (Phi) is 5.88. The molecular formula is C24H24O2. The molecule has 0 bridgehead atoms. The summed E-state index contributed by atoms with van der Waals surface area (Å²) in [6.07, 6.45) is 1.60. The second-order valence-corrected chi connectivity index (χ2v) is 6.40. The molecule has 3 aromatic rings. The fourth-order valence-corrected chi connectivity index (χ4v) is 2.99. The van der Waals surface area contributed by atoms with Crippen molar-refractivity contribution < 1.29 is 9.84 Å². The van der Waals surface area contributed by atoms with Gasteiger partial charge in [0.15, 0.2) is 0 Å². The summed E-state index contributed by atoms with van der Waals surface area (Å²) in [5, 5.41) is 10.00. The minimum Gasteiger partial charge on any atom is -0.488 e. The number of rotatable bonds is 6. The zero-order valence-electron chi connectivity index (χ0n) is 15.2. The maximum Gasteiger partial charge on any atom is 0.127 e. The topological polar surface area (TPSA) is 29.5 Å². The first-order valence-electron chi connectivity index (χ1n) is 8.86. The van der Waals surface area contributed by atoms with Gasteiger partial charge in [-0.1, -0.05) is 78.9 Å². The van der Waals surface area contributed by atoms with Gasteiger partial charge in [-0.2, -0.15) is 0 Å². The molecule has 0 heterocycles. The summed E-state index contributed by atoms with van der Waals surface area (Å²) in [7, 11) is 0. The molecule has 0 amide bonds. The van der Waals surface area contributed by atoms with Crippen LogP contribution in [-0.4, -0.2) is 5.11 Å². The van der Waals surface area contributed by atoms with Crippen molar-refractivity contribution in [2.45, 2.75) is 26.6 Å². The lowest BCUT2D eigenvalue weighted by atomic mass is 9.98. The number of aliphatic hydroxyl groups is 1. The van der Waals surface area contributed by atoms with E-state index in [1.165, 1.54) is 0 Å². The van der Waals surface area contributed by atoms with Crippen LogP contribution in [-0.2, 0) is 6.61 Å². The Bertz CT molecular complexity index is 879. The second kappa shape index (κ2) is 8.50. The molecule has 2 heteroatoms. The van der Waals surface area contributed by atoms with Gasteiger partial charge in [-0.05, 0) is 42.2 Å². The average molecular weight is 344 g/mol. The summed E-state index contributed by atoms with van der Waals surface area (Å²) in [6, 6.07) is 26.1. The van der Waals surface area contributed by atoms with Crippen molar-refractivity contribution in [3.05, 3.63) is 101 Å². The maximum atomic E-state index is 10.00. The van der Waals surface area contributed by atoms with Crippen LogP contribution in [0, 0.1) is 0 Å². The molecule has 0 aliphatic rings. The van der Waals surface area contributed by atoms with Gasteiger partial charge in [-0.25, -0.2) is 0 Å². The fourth-order valence-electron chi connectivity index (χ4n) is 2.99. The van der Waals surface area contributed by atoms with Crippen molar-refractivity contribution >= 4 is 11.6 Å². The number of ether oxygens (including phenoxy) is 1. The quantitative estimate of drug-likeness (QED) is 0.566. The van der Waals surface area contributed by atoms with Gasteiger partial charge in [0.05, 0.1) is 6.10 Å². The Labute approximate surface area is 155 Å². The summed E-state index contributed by atoms with van der Waals surface area (Å²) in [4.78, 5) is 0. The Morgan fingerprint density at radius 2 is 1.58 bits per heavy atom. The molecule has 0 radical (unpaired) electrons. The van der Waals surface area contributed by atoms with Crippen molar-refractivity contribution in [3.8, 4) is 5.75 Å². The van der Waals surface area contributed by atoms with Crippen LogP contribution in [0.2, 0.25) is 0 Å². The van der Waals surface area contributed by atoms with Crippen molar-refractivity contribution in [2.24, 2.45) is 0 Å². The summed E-state index contributed by atoms with van der Waals surface area (Å²) in [5.41, 5.74) is 5.25. The van der Waals surface area contributed by atoms with E-state index < -0.39 is 6.10 Å². The highest BCUT2D eigenvalue weighted by atomic mass is 16.5. The molecule has 2 nitrogen and oxygen atoms in total. The third-order valence-electron chi connectivity index (χ3n) is 4.37. The summed E-state index contributed by atoms with van der Waals surface area (Å²) in [6.45, 7) is 4.40. The molecule has 1 atom stereocenters. The number of hydrogen-bond acceptors (Lipinski definition) is 2. The highest BCUT2D eigenvalue weighted by Gasteiger charge is 2.09. The van der Waals surface area contributed by atoms with Gasteiger partial charge >= 0.3 is 0 Å². The van der Waals surface area contributed by atoms with E-state index in [9.17, 15) is 5.11 Å². The Hall–Kier alpha value is -2.84. The molecule has 3 rings (SSSR count). The van der Waals surface area contributed by atoms with E-state index >= 15 is 0 Å². The minimum atomic E-state index is -0.500. The van der Waals surface area contributed by atoms with E-state index in [2.05, 4.69) is 31.2 Å². The van der Waals surface area contributed by atoms with Crippen LogP contribution in [0.25, 0.3) is 11.6 Å². The molecule has 26 heavy (non-hydrogen) atoms. The third-order valence-corrected chi connectivity index (χ3v) is 4.37. The molecule has 0 spiro atoms. The van der Waals surface area contributed by atoms with Crippen LogP contribution in [0.4, 0.5) is 0 Å². The van der Waals surface area contributed by atoms with Gasteiger partial charge in [-0.3, -0.25) is 0 Å². The minimum absolute atomic E-state index is 0.500. The second-order valence-electron chi connectivity index (χ2n) is 6.40. The highest BCUT2D eigenvalue weighted by molar-refractivity contribution is 5.83. The standard InChI is InChI=1S/C24H24O2/c1-18(16-21-12-6-7-14-23(21)19(2)25)22-13-8-9-15-24(22)26-17-20-10-4-3-5-11-20/h3-16,19,25H,17H2,1-2H3/b18-16-. The average Bonchev–Trinajstić information content (AvgIpc) is 2.67. The molecule has 0 aliphatic heterocycles. The van der Waals surface area contributed by atoms with Crippen molar-refractivity contribution in [3.63, 3.8) is 0 Å². The predicted molar refractivity (Wildman–Crippen MR) is 108 cm³/mol. The Morgan fingerprint density at radius 3 is 2.35 bits per heavy atom. The zero-order valence-corrected chi connectivity index (χ0v) is 15.2. The van der Waals surface area contributed by atoms with Crippen LogP contribution in [0.3, 0.4) is 0 Å². The van der Waals surface area contributed by atoms with Gasteiger partial charge in [0.1, 0.15) is 12.4 Å². The zero-order chi connectivity index (χ0) is 18.4. The Balaban J connectivity index is 1.87. The van der Waals surface area contributed by atoms with Gasteiger partial charge in [0.25, 0.3) is 0 Å². The van der Waals surface area contributed by atoms with Crippen LogP contribution >= 0.6 is 0 Å². The molecule has 1 unspecified atom stereocenters. The van der Waals surface area contributed by atoms with E-state index in [0.29, 0.717) is 6.61 Å². The molecule has 3 aromatic carbocycles. The lowest BCUT2D eigenvalue weighted by molar-refractivity contribution is 0.199. The summed E-state index contributed by atoms with van der Waals surface area (Å²) < 4.78 is 6.07. The Morgan fingerprint density at radius 1 is 0.923 bits per heavy atom. The van der Waals surface area contributed by atoms with Gasteiger partial charge in [-0.15, -0.1) is 0 Å². The first kappa shape index (κ1) is 18.0. The molecule has 0 saturated carbocycles. The SMILES string of the molecule is C/C(=C/c1ccccc1C(C)O)c1ccccc1OCc1ccccc1. The van der Waals surface area contributed by atoms with Crippen molar-refractivity contribution in [1.82, 2.24) is 0 Å². The monoisotopic (exact) mass is 344 g/mol. The van der Waals surface area contributed by atoms with Crippen LogP contribution in [0.1, 0.15) is 42.2 Å². The lowest BCUT2D eigenvalue weighted by Gasteiger charge is -2.13. The van der Waals surface area contributed by atoms with Crippen molar-refractivity contribution in [1.29, 1.82) is 0 Å².